The number of carboxylic acid groups (broad SMARTS) is 1. The Balaban J connectivity index is 1.38. The summed E-state index contributed by atoms with van der Waals surface area (Å²) in [6.45, 7) is 0.863. The minimum atomic E-state index is -0.767. The van der Waals surface area contributed by atoms with Crippen molar-refractivity contribution in [2.75, 3.05) is 11.6 Å². The van der Waals surface area contributed by atoms with Gasteiger partial charge < -0.3 is 14.4 Å². The van der Waals surface area contributed by atoms with Crippen molar-refractivity contribution in [3.8, 4) is 17.0 Å². The van der Waals surface area contributed by atoms with Crippen molar-refractivity contribution in [1.29, 1.82) is 0 Å². The number of carbonyl (C=O) groups is 1. The molecule has 0 amide bonds. The number of ether oxygens (including phenoxy) is 1. The Hall–Kier alpha value is -2.77. The van der Waals surface area contributed by atoms with Crippen LogP contribution in [-0.2, 0) is 17.9 Å². The summed E-state index contributed by atoms with van der Waals surface area (Å²) >= 11 is 1.64. The molecule has 0 unspecified atom stereocenters. The highest BCUT2D eigenvalue weighted by Gasteiger charge is 2.30. The number of benzene rings is 2. The van der Waals surface area contributed by atoms with Crippen LogP contribution in [0.1, 0.15) is 11.3 Å². The summed E-state index contributed by atoms with van der Waals surface area (Å²) in [4.78, 5) is 13.3. The largest absolute Gasteiger partial charge is 0.486 e. The van der Waals surface area contributed by atoms with E-state index in [1.807, 2.05) is 65.6 Å². The third kappa shape index (κ3) is 4.37. The zero-order valence-electron chi connectivity index (χ0n) is 15.2. The first-order chi connectivity index (χ1) is 13.7. The molecule has 0 radical (unpaired) electrons. The molecule has 1 aliphatic rings. The average molecular weight is 396 g/mol. The van der Waals surface area contributed by atoms with Crippen LogP contribution in [0.25, 0.3) is 11.3 Å². The molecule has 1 aliphatic heterocycles. The van der Waals surface area contributed by atoms with Crippen LogP contribution < -0.4 is 4.74 Å². The van der Waals surface area contributed by atoms with Crippen LogP contribution in [0, 0.1) is 0 Å². The number of hydrogen-bond acceptors (Lipinski definition) is 6. The Morgan fingerprint density at radius 1 is 1.21 bits per heavy atom. The monoisotopic (exact) mass is 396 g/mol. The molecule has 7 heteroatoms. The lowest BCUT2D eigenvalue weighted by Gasteiger charge is -2.20. The van der Waals surface area contributed by atoms with Gasteiger partial charge in [0.25, 0.3) is 0 Å². The summed E-state index contributed by atoms with van der Waals surface area (Å²) in [5.41, 5.74) is 2.80. The highest BCUT2D eigenvalue weighted by Crippen LogP contribution is 2.25. The Bertz CT molecular complexity index is 944. The van der Waals surface area contributed by atoms with Crippen LogP contribution in [0.4, 0.5) is 0 Å². The Kier molecular flexibility index (Phi) is 5.64. The average Bonchev–Trinajstić information content (AvgIpc) is 3.37. The van der Waals surface area contributed by atoms with E-state index < -0.39 is 12.0 Å². The molecule has 28 heavy (non-hydrogen) atoms. The second kappa shape index (κ2) is 8.50. The molecule has 0 bridgehead atoms. The minimum Gasteiger partial charge on any atom is -0.486 e. The van der Waals surface area contributed by atoms with E-state index in [0.717, 1.165) is 22.7 Å². The highest BCUT2D eigenvalue weighted by atomic mass is 32.2. The van der Waals surface area contributed by atoms with Gasteiger partial charge in [0.2, 0.25) is 0 Å². The fourth-order valence-electron chi connectivity index (χ4n) is 3.11. The number of carboxylic acids is 1. The van der Waals surface area contributed by atoms with Crippen molar-refractivity contribution < 1.29 is 19.2 Å². The first-order valence-electron chi connectivity index (χ1n) is 8.96. The minimum absolute atomic E-state index is 0.278. The molecule has 1 saturated heterocycles. The lowest BCUT2D eigenvalue weighted by Crippen LogP contribution is -2.37. The van der Waals surface area contributed by atoms with Gasteiger partial charge in [0.1, 0.15) is 24.1 Å². The normalized spacial score (nSPS) is 16.9. The van der Waals surface area contributed by atoms with Crippen molar-refractivity contribution in [1.82, 2.24) is 10.1 Å². The van der Waals surface area contributed by atoms with Gasteiger partial charge in [0, 0.05) is 29.8 Å². The van der Waals surface area contributed by atoms with Crippen LogP contribution >= 0.6 is 11.8 Å². The van der Waals surface area contributed by atoms with Crippen LogP contribution in [0.2, 0.25) is 0 Å². The summed E-state index contributed by atoms with van der Waals surface area (Å²) in [7, 11) is 0. The highest BCUT2D eigenvalue weighted by molar-refractivity contribution is 7.99. The van der Waals surface area contributed by atoms with Crippen molar-refractivity contribution >= 4 is 17.7 Å². The van der Waals surface area contributed by atoms with Crippen LogP contribution in [0.3, 0.4) is 0 Å². The zero-order valence-corrected chi connectivity index (χ0v) is 16.0. The van der Waals surface area contributed by atoms with Crippen molar-refractivity contribution in [2.45, 2.75) is 19.2 Å². The molecule has 2 heterocycles. The van der Waals surface area contributed by atoms with E-state index in [2.05, 4.69) is 5.16 Å². The van der Waals surface area contributed by atoms with Crippen LogP contribution in [0.15, 0.2) is 65.2 Å². The van der Waals surface area contributed by atoms with Crippen molar-refractivity contribution in [3.63, 3.8) is 0 Å². The fraction of sp³-hybridized carbons (Fsp3) is 0.238. The summed E-state index contributed by atoms with van der Waals surface area (Å²) in [5.74, 6) is 1.94. The van der Waals surface area contributed by atoms with E-state index in [-0.39, 0.29) is 6.61 Å². The molecular weight excluding hydrogens is 376 g/mol. The molecule has 1 aromatic heterocycles. The maximum absolute atomic E-state index is 11.3. The van der Waals surface area contributed by atoms with Gasteiger partial charge in [-0.2, -0.15) is 0 Å². The topological polar surface area (TPSA) is 75.8 Å². The number of rotatable bonds is 7. The molecule has 3 aromatic rings. The van der Waals surface area contributed by atoms with Gasteiger partial charge in [-0.05, 0) is 17.7 Å². The molecule has 4 rings (SSSR count). The van der Waals surface area contributed by atoms with E-state index in [9.17, 15) is 9.90 Å². The zero-order chi connectivity index (χ0) is 19.3. The number of aliphatic carboxylic acids is 1. The van der Waals surface area contributed by atoms with E-state index in [1.165, 1.54) is 0 Å². The summed E-state index contributed by atoms with van der Waals surface area (Å²) < 4.78 is 11.2. The van der Waals surface area contributed by atoms with E-state index in [4.69, 9.17) is 9.26 Å². The number of hydrogen-bond donors (Lipinski definition) is 1. The third-order valence-electron chi connectivity index (χ3n) is 4.55. The van der Waals surface area contributed by atoms with Crippen molar-refractivity contribution in [2.24, 2.45) is 0 Å². The lowest BCUT2D eigenvalue weighted by molar-refractivity contribution is -0.141. The summed E-state index contributed by atoms with van der Waals surface area (Å²) in [5, 5.41) is 13.4. The molecule has 1 N–H and O–H groups in total. The molecule has 1 fully saturated rings. The Morgan fingerprint density at radius 3 is 2.89 bits per heavy atom. The molecule has 0 saturated carbocycles. The molecule has 6 nitrogen and oxygen atoms in total. The van der Waals surface area contributed by atoms with Gasteiger partial charge in [0.05, 0.1) is 0 Å². The predicted octanol–water partition coefficient (Wildman–Crippen LogP) is 3.88. The molecule has 0 spiro atoms. The summed E-state index contributed by atoms with van der Waals surface area (Å²) in [6.07, 6.45) is 0. The molecule has 0 aliphatic carbocycles. The SMILES string of the molecule is O=C(O)[C@@H]1CSCN1Cc1cccc(OCc2cc(-c3ccccc3)no2)c1. The van der Waals surface area contributed by atoms with Gasteiger partial charge in [-0.3, -0.25) is 9.69 Å². The van der Waals surface area contributed by atoms with Gasteiger partial charge in [-0.1, -0.05) is 47.6 Å². The maximum Gasteiger partial charge on any atom is 0.321 e. The van der Waals surface area contributed by atoms with E-state index in [1.54, 1.807) is 11.8 Å². The van der Waals surface area contributed by atoms with Gasteiger partial charge >= 0.3 is 5.97 Å². The molecular formula is C21H20N2O4S. The van der Waals surface area contributed by atoms with Gasteiger partial charge in [0.15, 0.2) is 5.76 Å². The molecule has 2 aromatic carbocycles. The second-order valence-electron chi connectivity index (χ2n) is 6.58. The van der Waals surface area contributed by atoms with Gasteiger partial charge in [-0.25, -0.2) is 0 Å². The molecule has 144 valence electrons. The predicted molar refractivity (Wildman–Crippen MR) is 107 cm³/mol. The maximum atomic E-state index is 11.3. The Morgan fingerprint density at radius 2 is 2.07 bits per heavy atom. The Labute approximate surface area is 167 Å². The van der Waals surface area contributed by atoms with Crippen molar-refractivity contribution in [3.05, 3.63) is 72.0 Å². The quantitative estimate of drug-likeness (QED) is 0.649. The number of aromatic nitrogens is 1. The lowest BCUT2D eigenvalue weighted by atomic mass is 10.1. The fourth-order valence-corrected chi connectivity index (χ4v) is 4.30. The van der Waals surface area contributed by atoms with Crippen LogP contribution in [-0.4, -0.2) is 38.8 Å². The van der Waals surface area contributed by atoms with E-state index in [0.29, 0.717) is 23.8 Å². The van der Waals surface area contributed by atoms with Gasteiger partial charge in [-0.15, -0.1) is 11.8 Å². The first-order valence-corrected chi connectivity index (χ1v) is 10.1. The first kappa shape index (κ1) is 18.6. The number of nitrogens with zero attached hydrogens (tertiary/aromatic N) is 2. The summed E-state index contributed by atoms with van der Waals surface area (Å²) in [6, 6.07) is 19.0. The van der Waals surface area contributed by atoms with Crippen LogP contribution in [0.5, 0.6) is 5.75 Å². The smallest absolute Gasteiger partial charge is 0.321 e. The second-order valence-corrected chi connectivity index (χ2v) is 7.58. The molecule has 1 atom stereocenters. The third-order valence-corrected chi connectivity index (χ3v) is 5.62. The number of thioether (sulfide) groups is 1. The van der Waals surface area contributed by atoms with E-state index >= 15 is 0 Å². The standard InChI is InChI=1S/C21H20N2O4S/c24-21(25)20-13-28-14-23(20)11-15-5-4-8-17(9-15)26-12-18-10-19(22-27-18)16-6-2-1-3-7-16/h1-10,20H,11-14H2,(H,24,25)/t20-/m0/s1.